The van der Waals surface area contributed by atoms with Crippen LogP contribution in [0.4, 0.5) is 11.6 Å². The molecule has 0 amide bonds. The van der Waals surface area contributed by atoms with Gasteiger partial charge in [0.05, 0.1) is 0 Å². The summed E-state index contributed by atoms with van der Waals surface area (Å²) in [6.07, 6.45) is 0. The molecule has 4 heteroatoms. The second-order valence-electron chi connectivity index (χ2n) is 6.21. The molecule has 0 radical (unpaired) electrons. The predicted octanol–water partition coefficient (Wildman–Crippen LogP) is 3.36. The first kappa shape index (κ1) is 15.7. The minimum absolute atomic E-state index is 0.287. The van der Waals surface area contributed by atoms with Gasteiger partial charge in [0.1, 0.15) is 17.5 Å². The molecule has 0 saturated heterocycles. The summed E-state index contributed by atoms with van der Waals surface area (Å²) in [4.78, 5) is 11.5. The van der Waals surface area contributed by atoms with Gasteiger partial charge in [0.2, 0.25) is 0 Å². The molecule has 1 rings (SSSR count). The average Bonchev–Trinajstić information content (AvgIpc) is 2.29. The molecule has 0 spiro atoms. The molecule has 1 aromatic rings. The smallest absolute Gasteiger partial charge is 0.137 e. The summed E-state index contributed by atoms with van der Waals surface area (Å²) >= 11 is 0. The van der Waals surface area contributed by atoms with Crippen LogP contribution >= 0.6 is 0 Å². The molecule has 0 aliphatic heterocycles. The minimum Gasteiger partial charge on any atom is -0.383 e. The van der Waals surface area contributed by atoms with E-state index in [9.17, 15) is 0 Å². The van der Waals surface area contributed by atoms with Gasteiger partial charge in [-0.05, 0) is 26.7 Å². The van der Waals surface area contributed by atoms with Crippen molar-refractivity contribution in [3.63, 3.8) is 0 Å². The largest absolute Gasteiger partial charge is 0.383 e. The number of nitrogen functional groups attached to an aromatic ring is 1. The zero-order valence-electron chi connectivity index (χ0n) is 13.4. The standard InChI is InChI=1S/C15H28N4/c1-9(2)8-19(11(5)6)15-12(7)13(16)17-14(18-15)10(3)4/h9-11H,8H2,1-7H3,(H2,16,17,18). The van der Waals surface area contributed by atoms with Crippen LogP contribution in [-0.4, -0.2) is 22.6 Å². The Morgan fingerprint density at radius 3 is 2.05 bits per heavy atom. The Morgan fingerprint density at radius 1 is 1.05 bits per heavy atom. The molecule has 0 atom stereocenters. The molecule has 2 N–H and O–H groups in total. The van der Waals surface area contributed by atoms with Gasteiger partial charge in [-0.3, -0.25) is 0 Å². The van der Waals surface area contributed by atoms with E-state index in [2.05, 4.69) is 51.4 Å². The number of anilines is 2. The van der Waals surface area contributed by atoms with Crippen LogP contribution in [0.2, 0.25) is 0 Å². The Balaban J connectivity index is 3.28. The van der Waals surface area contributed by atoms with Crippen LogP contribution in [0.3, 0.4) is 0 Å². The van der Waals surface area contributed by atoms with E-state index >= 15 is 0 Å². The van der Waals surface area contributed by atoms with Crippen molar-refractivity contribution >= 4 is 11.6 Å². The minimum atomic E-state index is 0.287. The molecule has 0 aliphatic carbocycles. The molecule has 4 nitrogen and oxygen atoms in total. The molecular formula is C15H28N4. The fourth-order valence-electron chi connectivity index (χ4n) is 2.01. The molecule has 19 heavy (non-hydrogen) atoms. The van der Waals surface area contributed by atoms with E-state index in [-0.39, 0.29) is 5.92 Å². The number of rotatable bonds is 5. The molecule has 0 bridgehead atoms. The summed E-state index contributed by atoms with van der Waals surface area (Å²) in [5, 5.41) is 0. The summed E-state index contributed by atoms with van der Waals surface area (Å²) in [6.45, 7) is 16.0. The van der Waals surface area contributed by atoms with Gasteiger partial charge >= 0.3 is 0 Å². The van der Waals surface area contributed by atoms with E-state index < -0.39 is 0 Å². The van der Waals surface area contributed by atoms with Gasteiger partial charge in [-0.25, -0.2) is 9.97 Å². The molecule has 1 aromatic heterocycles. The predicted molar refractivity (Wildman–Crippen MR) is 82.6 cm³/mol. The van der Waals surface area contributed by atoms with Crippen molar-refractivity contribution in [2.45, 2.75) is 60.4 Å². The van der Waals surface area contributed by atoms with Crippen molar-refractivity contribution in [1.29, 1.82) is 0 Å². The topological polar surface area (TPSA) is 55.0 Å². The van der Waals surface area contributed by atoms with Gasteiger partial charge in [-0.1, -0.05) is 27.7 Å². The Kier molecular flexibility index (Phi) is 5.15. The fraction of sp³-hybridized carbons (Fsp3) is 0.733. The molecule has 0 aliphatic rings. The first-order valence-corrected chi connectivity index (χ1v) is 7.14. The third-order valence-electron chi connectivity index (χ3n) is 3.15. The van der Waals surface area contributed by atoms with E-state index in [1.807, 2.05) is 6.92 Å². The molecule has 108 valence electrons. The van der Waals surface area contributed by atoms with E-state index in [1.54, 1.807) is 0 Å². The van der Waals surface area contributed by atoms with Gasteiger partial charge in [-0.15, -0.1) is 0 Å². The third kappa shape index (κ3) is 3.82. The van der Waals surface area contributed by atoms with Crippen LogP contribution in [0.1, 0.15) is 58.8 Å². The fourth-order valence-corrected chi connectivity index (χ4v) is 2.01. The maximum atomic E-state index is 6.05. The summed E-state index contributed by atoms with van der Waals surface area (Å²) in [5.74, 6) is 3.28. The first-order valence-electron chi connectivity index (χ1n) is 7.14. The average molecular weight is 264 g/mol. The Bertz CT molecular complexity index is 424. The van der Waals surface area contributed by atoms with Crippen molar-refractivity contribution in [2.24, 2.45) is 5.92 Å². The molecular weight excluding hydrogens is 236 g/mol. The highest BCUT2D eigenvalue weighted by molar-refractivity contribution is 5.57. The number of hydrogen-bond acceptors (Lipinski definition) is 4. The van der Waals surface area contributed by atoms with Crippen molar-refractivity contribution < 1.29 is 0 Å². The number of hydrogen-bond donors (Lipinski definition) is 1. The quantitative estimate of drug-likeness (QED) is 0.886. The Morgan fingerprint density at radius 2 is 1.63 bits per heavy atom. The molecule has 0 saturated carbocycles. The van der Waals surface area contributed by atoms with Gasteiger partial charge in [-0.2, -0.15) is 0 Å². The van der Waals surface area contributed by atoms with Crippen LogP contribution in [0, 0.1) is 12.8 Å². The summed E-state index contributed by atoms with van der Waals surface area (Å²) in [7, 11) is 0. The van der Waals surface area contributed by atoms with Crippen LogP contribution in [-0.2, 0) is 0 Å². The highest BCUT2D eigenvalue weighted by Gasteiger charge is 2.19. The summed E-state index contributed by atoms with van der Waals surface area (Å²) in [5.41, 5.74) is 7.04. The Labute approximate surface area is 117 Å². The lowest BCUT2D eigenvalue weighted by molar-refractivity contribution is 0.562. The van der Waals surface area contributed by atoms with Crippen LogP contribution < -0.4 is 10.6 Å². The normalized spacial score (nSPS) is 11.7. The van der Waals surface area contributed by atoms with E-state index in [4.69, 9.17) is 10.7 Å². The van der Waals surface area contributed by atoms with Gasteiger partial charge in [0, 0.05) is 24.1 Å². The second kappa shape index (κ2) is 6.22. The van der Waals surface area contributed by atoms with Gasteiger partial charge < -0.3 is 10.6 Å². The van der Waals surface area contributed by atoms with E-state index in [0.29, 0.717) is 17.8 Å². The number of nitrogens with two attached hydrogens (primary N) is 1. The lowest BCUT2D eigenvalue weighted by atomic mass is 10.1. The second-order valence-corrected chi connectivity index (χ2v) is 6.21. The van der Waals surface area contributed by atoms with Crippen LogP contribution in [0.25, 0.3) is 0 Å². The van der Waals surface area contributed by atoms with Crippen molar-refractivity contribution in [3.05, 3.63) is 11.4 Å². The monoisotopic (exact) mass is 264 g/mol. The molecule has 1 heterocycles. The number of nitrogens with zero attached hydrogens (tertiary/aromatic N) is 3. The SMILES string of the molecule is Cc1c(N)nc(C(C)C)nc1N(CC(C)C)C(C)C. The van der Waals surface area contributed by atoms with Crippen molar-refractivity contribution in [1.82, 2.24) is 9.97 Å². The third-order valence-corrected chi connectivity index (χ3v) is 3.15. The van der Waals surface area contributed by atoms with Crippen molar-refractivity contribution in [3.8, 4) is 0 Å². The molecule has 0 aromatic carbocycles. The van der Waals surface area contributed by atoms with E-state index in [0.717, 1.165) is 23.8 Å². The molecule has 0 fully saturated rings. The number of aromatic nitrogens is 2. The Hall–Kier alpha value is -1.32. The lowest BCUT2D eigenvalue weighted by Gasteiger charge is -2.31. The van der Waals surface area contributed by atoms with Crippen molar-refractivity contribution in [2.75, 3.05) is 17.2 Å². The summed E-state index contributed by atoms with van der Waals surface area (Å²) in [6, 6.07) is 0.399. The molecule has 0 unspecified atom stereocenters. The highest BCUT2D eigenvalue weighted by atomic mass is 15.2. The highest BCUT2D eigenvalue weighted by Crippen LogP contribution is 2.26. The van der Waals surface area contributed by atoms with Gasteiger partial charge in [0.15, 0.2) is 0 Å². The summed E-state index contributed by atoms with van der Waals surface area (Å²) < 4.78 is 0. The van der Waals surface area contributed by atoms with Crippen LogP contribution in [0.5, 0.6) is 0 Å². The van der Waals surface area contributed by atoms with Crippen LogP contribution in [0.15, 0.2) is 0 Å². The van der Waals surface area contributed by atoms with E-state index in [1.165, 1.54) is 0 Å². The zero-order valence-corrected chi connectivity index (χ0v) is 13.4. The maximum Gasteiger partial charge on any atom is 0.137 e. The lowest BCUT2D eigenvalue weighted by Crippen LogP contribution is -2.36. The maximum absolute atomic E-state index is 6.05. The zero-order chi connectivity index (χ0) is 14.7. The van der Waals surface area contributed by atoms with Gasteiger partial charge in [0.25, 0.3) is 0 Å². The first-order chi connectivity index (χ1) is 8.73.